The Bertz CT molecular complexity index is 198. The third-order valence-corrected chi connectivity index (χ3v) is 1.99. The van der Waals surface area contributed by atoms with Crippen molar-refractivity contribution >= 4 is 11.8 Å². The van der Waals surface area contributed by atoms with Crippen LogP contribution in [0, 0.1) is 5.41 Å². The number of hydrogen-bond donors (Lipinski definition) is 2. The Kier molecular flexibility index (Phi) is 4.45. The second-order valence-electron chi connectivity index (χ2n) is 2.81. The summed E-state index contributed by atoms with van der Waals surface area (Å²) in [6.07, 6.45) is 1.21. The predicted octanol–water partition coefficient (Wildman–Crippen LogP) is 0.414. The second kappa shape index (κ2) is 4.84. The van der Waals surface area contributed by atoms with E-state index in [-0.39, 0.29) is 5.91 Å². The van der Waals surface area contributed by atoms with E-state index < -0.39 is 11.3 Å². The lowest BCUT2D eigenvalue weighted by Crippen LogP contribution is -2.40. The molecule has 0 heterocycles. The lowest BCUT2D eigenvalue weighted by Gasteiger charge is -2.08. The Morgan fingerprint density at radius 2 is 1.85 bits per heavy atom. The van der Waals surface area contributed by atoms with Crippen molar-refractivity contribution in [1.82, 2.24) is 5.32 Å². The molecule has 1 aliphatic rings. The maximum Gasteiger partial charge on any atom is 0.235 e. The summed E-state index contributed by atoms with van der Waals surface area (Å²) in [6, 6.07) is 0. The van der Waals surface area contributed by atoms with E-state index in [0.29, 0.717) is 19.4 Å². The molecule has 0 aliphatic heterocycles. The molecule has 1 rings (SSSR count). The van der Waals surface area contributed by atoms with Crippen LogP contribution in [0.3, 0.4) is 0 Å². The summed E-state index contributed by atoms with van der Waals surface area (Å²) in [5.41, 5.74) is 4.21. The number of rotatable bonds is 3. The zero-order valence-corrected chi connectivity index (χ0v) is 8.52. The minimum Gasteiger partial charge on any atom is -0.369 e. The normalized spacial score (nSPS) is 16.5. The molecule has 1 saturated carbocycles. The Labute approximate surface area is 78.9 Å². The van der Waals surface area contributed by atoms with Crippen LogP contribution in [0.1, 0.15) is 33.6 Å². The van der Waals surface area contributed by atoms with Gasteiger partial charge in [0.25, 0.3) is 0 Å². The zero-order valence-electron chi connectivity index (χ0n) is 8.52. The number of carbonyl (C=O) groups excluding carboxylic acids is 2. The molecule has 4 heteroatoms. The van der Waals surface area contributed by atoms with Crippen LogP contribution >= 0.6 is 0 Å². The van der Waals surface area contributed by atoms with Crippen LogP contribution in [0.15, 0.2) is 0 Å². The first-order valence-electron chi connectivity index (χ1n) is 4.71. The van der Waals surface area contributed by atoms with Gasteiger partial charge in [-0.3, -0.25) is 9.59 Å². The molecule has 2 amide bonds. The summed E-state index contributed by atoms with van der Waals surface area (Å²) in [5, 5.41) is 2.59. The Morgan fingerprint density at radius 1 is 1.38 bits per heavy atom. The van der Waals surface area contributed by atoms with Crippen molar-refractivity contribution in [3.8, 4) is 0 Å². The van der Waals surface area contributed by atoms with Crippen LogP contribution in [0.4, 0.5) is 0 Å². The third-order valence-electron chi connectivity index (χ3n) is 1.99. The van der Waals surface area contributed by atoms with Gasteiger partial charge in [-0.05, 0) is 19.8 Å². The van der Waals surface area contributed by atoms with Crippen LogP contribution in [0.25, 0.3) is 0 Å². The summed E-state index contributed by atoms with van der Waals surface area (Å²) in [7, 11) is 0. The monoisotopic (exact) mass is 186 g/mol. The fraction of sp³-hybridized carbons (Fsp3) is 0.778. The first kappa shape index (κ1) is 11.9. The highest BCUT2D eigenvalue weighted by Crippen LogP contribution is 2.45. The smallest absolute Gasteiger partial charge is 0.235 e. The van der Waals surface area contributed by atoms with Gasteiger partial charge in [0.1, 0.15) is 5.41 Å². The quantitative estimate of drug-likeness (QED) is 0.627. The molecule has 1 fully saturated rings. The molecule has 0 unspecified atom stereocenters. The summed E-state index contributed by atoms with van der Waals surface area (Å²) in [5.74, 6) is -0.712. The van der Waals surface area contributed by atoms with Crippen molar-refractivity contribution in [2.75, 3.05) is 6.54 Å². The number of amides is 2. The van der Waals surface area contributed by atoms with E-state index in [4.69, 9.17) is 5.73 Å². The molecule has 0 radical (unpaired) electrons. The topological polar surface area (TPSA) is 72.2 Å². The fourth-order valence-electron chi connectivity index (χ4n) is 1.04. The molecule has 0 saturated heterocycles. The standard InChI is InChI=1S/C7H12N2O2.C2H6/c1-2-9-6(11)7(3-4-7)5(8)10;1-2/h2-4H2,1H3,(H2,8,10)(H,9,11);1-2H3. The van der Waals surface area contributed by atoms with Crippen molar-refractivity contribution in [3.63, 3.8) is 0 Å². The molecule has 4 nitrogen and oxygen atoms in total. The van der Waals surface area contributed by atoms with E-state index in [1.165, 1.54) is 0 Å². The maximum absolute atomic E-state index is 11.2. The molecule has 0 aromatic carbocycles. The lowest BCUT2D eigenvalue weighted by atomic mass is 10.1. The van der Waals surface area contributed by atoms with E-state index >= 15 is 0 Å². The number of nitrogens with one attached hydrogen (secondary N) is 1. The molecule has 0 bridgehead atoms. The summed E-state index contributed by atoms with van der Waals surface area (Å²) >= 11 is 0. The van der Waals surface area contributed by atoms with Crippen LogP contribution in [0.5, 0.6) is 0 Å². The highest BCUT2D eigenvalue weighted by Gasteiger charge is 2.55. The number of primary amides is 1. The molecule has 3 N–H and O–H groups in total. The third kappa shape index (κ3) is 2.44. The summed E-state index contributed by atoms with van der Waals surface area (Å²) in [6.45, 7) is 6.36. The van der Waals surface area contributed by atoms with E-state index in [0.717, 1.165) is 0 Å². The zero-order chi connectivity index (χ0) is 10.5. The van der Waals surface area contributed by atoms with Crippen molar-refractivity contribution < 1.29 is 9.59 Å². The van der Waals surface area contributed by atoms with Crippen LogP contribution in [-0.2, 0) is 9.59 Å². The number of hydrogen-bond acceptors (Lipinski definition) is 2. The van der Waals surface area contributed by atoms with Gasteiger partial charge >= 0.3 is 0 Å². The van der Waals surface area contributed by atoms with Gasteiger partial charge < -0.3 is 11.1 Å². The van der Waals surface area contributed by atoms with Crippen molar-refractivity contribution in [3.05, 3.63) is 0 Å². The van der Waals surface area contributed by atoms with Crippen molar-refractivity contribution in [2.24, 2.45) is 11.1 Å². The van der Waals surface area contributed by atoms with Crippen LogP contribution in [-0.4, -0.2) is 18.4 Å². The first-order chi connectivity index (χ1) is 6.13. The van der Waals surface area contributed by atoms with Gasteiger partial charge in [0, 0.05) is 6.54 Å². The van der Waals surface area contributed by atoms with Gasteiger partial charge in [-0.1, -0.05) is 13.8 Å². The SMILES string of the molecule is CC.CCNC(=O)C1(C(N)=O)CC1. The molecule has 0 aromatic heterocycles. The number of nitrogens with two attached hydrogens (primary N) is 1. The van der Waals surface area contributed by atoms with Crippen LogP contribution < -0.4 is 11.1 Å². The molecular weight excluding hydrogens is 168 g/mol. The van der Waals surface area contributed by atoms with E-state index in [2.05, 4.69) is 5.32 Å². The summed E-state index contributed by atoms with van der Waals surface area (Å²) < 4.78 is 0. The highest BCUT2D eigenvalue weighted by atomic mass is 16.2. The maximum atomic E-state index is 11.2. The lowest BCUT2D eigenvalue weighted by molar-refractivity contribution is -0.135. The van der Waals surface area contributed by atoms with E-state index in [1.807, 2.05) is 20.8 Å². The van der Waals surface area contributed by atoms with Gasteiger partial charge in [0.05, 0.1) is 0 Å². The van der Waals surface area contributed by atoms with Gasteiger partial charge in [-0.2, -0.15) is 0 Å². The highest BCUT2D eigenvalue weighted by molar-refractivity contribution is 6.07. The Morgan fingerprint density at radius 3 is 2.08 bits per heavy atom. The molecule has 13 heavy (non-hydrogen) atoms. The first-order valence-corrected chi connectivity index (χ1v) is 4.71. The second-order valence-corrected chi connectivity index (χ2v) is 2.81. The van der Waals surface area contributed by atoms with Gasteiger partial charge in [0.15, 0.2) is 0 Å². The van der Waals surface area contributed by atoms with Crippen molar-refractivity contribution in [1.29, 1.82) is 0 Å². The predicted molar refractivity (Wildman–Crippen MR) is 50.9 cm³/mol. The minimum absolute atomic E-state index is 0.215. The average Bonchev–Trinajstić information content (AvgIpc) is 2.88. The summed E-state index contributed by atoms with van der Waals surface area (Å²) in [4.78, 5) is 21.9. The van der Waals surface area contributed by atoms with E-state index in [1.54, 1.807) is 0 Å². The van der Waals surface area contributed by atoms with Gasteiger partial charge in [-0.25, -0.2) is 0 Å². The molecule has 0 aromatic rings. The Balaban J connectivity index is 0.000000671. The van der Waals surface area contributed by atoms with E-state index in [9.17, 15) is 9.59 Å². The molecule has 0 spiro atoms. The average molecular weight is 186 g/mol. The van der Waals surface area contributed by atoms with Crippen molar-refractivity contribution in [2.45, 2.75) is 33.6 Å². The largest absolute Gasteiger partial charge is 0.369 e. The fourth-order valence-corrected chi connectivity index (χ4v) is 1.04. The minimum atomic E-state index is -0.851. The van der Waals surface area contributed by atoms with Gasteiger partial charge in [0.2, 0.25) is 11.8 Å². The van der Waals surface area contributed by atoms with Gasteiger partial charge in [-0.15, -0.1) is 0 Å². The Hall–Kier alpha value is -1.06. The number of carbonyl (C=O) groups is 2. The molecular formula is C9H18N2O2. The molecule has 1 aliphatic carbocycles. The molecule has 0 atom stereocenters. The van der Waals surface area contributed by atoms with Crippen LogP contribution in [0.2, 0.25) is 0 Å². The molecule has 76 valence electrons.